The summed E-state index contributed by atoms with van der Waals surface area (Å²) < 4.78 is 25.4. The Kier molecular flexibility index (Phi) is 4.12. The van der Waals surface area contributed by atoms with Crippen molar-refractivity contribution in [2.45, 2.75) is 30.9 Å². The molecule has 3 aromatic heterocycles. The second-order valence-corrected chi connectivity index (χ2v) is 9.45. The van der Waals surface area contributed by atoms with E-state index in [4.69, 9.17) is 0 Å². The molecule has 0 saturated carbocycles. The van der Waals surface area contributed by atoms with Crippen LogP contribution in [0.1, 0.15) is 13.8 Å². The fraction of sp³-hybridized carbons (Fsp3) is 0.278. The van der Waals surface area contributed by atoms with Crippen molar-refractivity contribution in [3.63, 3.8) is 0 Å². The SMILES string of the molecule is CC(C)(O)Cn1cc(Nc2nc3ccc(S(C)(=O)=O)cc3c3cn[nH]c23)cn1. The van der Waals surface area contributed by atoms with E-state index in [1.807, 2.05) is 0 Å². The molecule has 0 saturated heterocycles. The summed E-state index contributed by atoms with van der Waals surface area (Å²) in [6.45, 7) is 3.78. The Hall–Kier alpha value is -2.98. The lowest BCUT2D eigenvalue weighted by molar-refractivity contribution is 0.0578. The number of benzene rings is 1. The van der Waals surface area contributed by atoms with Crippen LogP contribution >= 0.6 is 0 Å². The largest absolute Gasteiger partial charge is 0.389 e. The zero-order chi connectivity index (χ0) is 20.1. The van der Waals surface area contributed by atoms with Gasteiger partial charge in [-0.3, -0.25) is 9.78 Å². The summed E-state index contributed by atoms with van der Waals surface area (Å²) in [6.07, 6.45) is 6.25. The van der Waals surface area contributed by atoms with Gasteiger partial charge in [0.2, 0.25) is 0 Å². The highest BCUT2D eigenvalue weighted by atomic mass is 32.2. The van der Waals surface area contributed by atoms with Crippen LogP contribution in [0.3, 0.4) is 0 Å². The molecular formula is C18H20N6O3S. The Morgan fingerprint density at radius 2 is 2.04 bits per heavy atom. The van der Waals surface area contributed by atoms with Crippen LogP contribution in [-0.2, 0) is 16.4 Å². The van der Waals surface area contributed by atoms with E-state index >= 15 is 0 Å². The number of aromatic nitrogens is 5. The van der Waals surface area contributed by atoms with Gasteiger partial charge < -0.3 is 10.4 Å². The monoisotopic (exact) mass is 400 g/mol. The Labute approximate surface area is 161 Å². The third-order valence-electron chi connectivity index (χ3n) is 4.24. The number of nitrogens with zero attached hydrogens (tertiary/aromatic N) is 4. The molecule has 1 aromatic carbocycles. The van der Waals surface area contributed by atoms with Gasteiger partial charge in [-0.2, -0.15) is 10.2 Å². The minimum absolute atomic E-state index is 0.234. The zero-order valence-electron chi connectivity index (χ0n) is 15.6. The summed E-state index contributed by atoms with van der Waals surface area (Å²) in [5.74, 6) is 0.551. The van der Waals surface area contributed by atoms with E-state index in [1.54, 1.807) is 55.3 Å². The number of nitrogens with one attached hydrogen (secondary N) is 2. The molecule has 0 radical (unpaired) electrons. The molecule has 0 bridgehead atoms. The quantitative estimate of drug-likeness (QED) is 0.469. The summed E-state index contributed by atoms with van der Waals surface area (Å²) in [4.78, 5) is 4.85. The highest BCUT2D eigenvalue weighted by molar-refractivity contribution is 7.90. The van der Waals surface area contributed by atoms with Crippen LogP contribution in [0, 0.1) is 0 Å². The van der Waals surface area contributed by atoms with Gasteiger partial charge in [-0.15, -0.1) is 0 Å². The first kappa shape index (κ1) is 18.4. The van der Waals surface area contributed by atoms with Crippen LogP contribution in [-0.4, -0.2) is 50.3 Å². The van der Waals surface area contributed by atoms with Gasteiger partial charge in [-0.25, -0.2) is 13.4 Å². The fourth-order valence-electron chi connectivity index (χ4n) is 3.04. The molecule has 0 aliphatic heterocycles. The lowest BCUT2D eigenvalue weighted by atomic mass is 10.1. The fourth-order valence-corrected chi connectivity index (χ4v) is 3.69. The minimum atomic E-state index is -3.32. The smallest absolute Gasteiger partial charge is 0.175 e. The lowest BCUT2D eigenvalue weighted by Crippen LogP contribution is -2.26. The van der Waals surface area contributed by atoms with Crippen molar-refractivity contribution in [3.05, 3.63) is 36.8 Å². The third-order valence-corrected chi connectivity index (χ3v) is 5.35. The molecule has 0 atom stereocenters. The Morgan fingerprint density at radius 3 is 2.75 bits per heavy atom. The Morgan fingerprint density at radius 1 is 1.25 bits per heavy atom. The van der Waals surface area contributed by atoms with Crippen LogP contribution < -0.4 is 5.32 Å². The van der Waals surface area contributed by atoms with Gasteiger partial charge >= 0.3 is 0 Å². The molecule has 4 rings (SSSR count). The number of rotatable bonds is 5. The summed E-state index contributed by atoms with van der Waals surface area (Å²) in [5.41, 5.74) is 1.14. The molecule has 3 N–H and O–H groups in total. The van der Waals surface area contributed by atoms with Crippen molar-refractivity contribution in [3.8, 4) is 0 Å². The molecule has 9 nitrogen and oxygen atoms in total. The highest BCUT2D eigenvalue weighted by Crippen LogP contribution is 2.31. The summed E-state index contributed by atoms with van der Waals surface area (Å²) in [7, 11) is -3.32. The number of anilines is 2. The van der Waals surface area contributed by atoms with Gasteiger partial charge in [0.05, 0.1) is 40.6 Å². The molecule has 0 aliphatic carbocycles. The molecule has 0 fully saturated rings. The van der Waals surface area contributed by atoms with Crippen molar-refractivity contribution >= 4 is 43.1 Å². The number of aromatic amines is 1. The molecule has 28 heavy (non-hydrogen) atoms. The van der Waals surface area contributed by atoms with E-state index in [9.17, 15) is 13.5 Å². The molecule has 0 unspecified atom stereocenters. The molecule has 10 heteroatoms. The van der Waals surface area contributed by atoms with E-state index in [0.717, 1.165) is 5.39 Å². The van der Waals surface area contributed by atoms with Crippen LogP contribution in [0.25, 0.3) is 21.8 Å². The van der Waals surface area contributed by atoms with Gasteiger partial charge in [-0.1, -0.05) is 0 Å². The molecule has 4 aromatic rings. The Balaban J connectivity index is 1.77. The van der Waals surface area contributed by atoms with Crippen molar-refractivity contribution in [2.24, 2.45) is 0 Å². The first-order valence-corrected chi connectivity index (χ1v) is 10.5. The predicted octanol–water partition coefficient (Wildman–Crippen LogP) is 2.23. The highest BCUT2D eigenvalue weighted by Gasteiger charge is 2.16. The van der Waals surface area contributed by atoms with Crippen molar-refractivity contribution < 1.29 is 13.5 Å². The summed E-state index contributed by atoms with van der Waals surface area (Å²) in [5, 5.41) is 25.9. The average Bonchev–Trinajstić information content (AvgIpc) is 3.22. The third kappa shape index (κ3) is 3.56. The Bertz CT molecular complexity index is 1280. The summed E-state index contributed by atoms with van der Waals surface area (Å²) in [6, 6.07) is 4.84. The second kappa shape index (κ2) is 6.28. The molecule has 3 heterocycles. The summed E-state index contributed by atoms with van der Waals surface area (Å²) >= 11 is 0. The minimum Gasteiger partial charge on any atom is -0.389 e. The van der Waals surface area contributed by atoms with Gasteiger partial charge in [0.1, 0.15) is 5.52 Å². The van der Waals surface area contributed by atoms with Gasteiger partial charge in [0, 0.05) is 23.2 Å². The number of sulfone groups is 1. The van der Waals surface area contributed by atoms with Gasteiger partial charge in [0.15, 0.2) is 15.7 Å². The predicted molar refractivity (Wildman–Crippen MR) is 106 cm³/mol. The number of H-pyrrole nitrogens is 1. The molecule has 0 spiro atoms. The molecule has 146 valence electrons. The number of pyridine rings is 1. The van der Waals surface area contributed by atoms with E-state index in [-0.39, 0.29) is 4.90 Å². The van der Waals surface area contributed by atoms with Crippen molar-refractivity contribution in [1.82, 2.24) is 25.0 Å². The van der Waals surface area contributed by atoms with Crippen LogP contribution in [0.5, 0.6) is 0 Å². The number of fused-ring (bicyclic) bond motifs is 3. The average molecular weight is 400 g/mol. The standard InChI is InChI=1S/C18H20N6O3S/c1-18(2,25)10-24-9-11(7-20-24)21-17-16-14(8-19-23-16)13-6-12(28(3,26)27)4-5-15(13)22-17/h4-9,25H,10H2,1-3H3,(H,19,23)(H,21,22). The second-order valence-electron chi connectivity index (χ2n) is 7.43. The normalized spacial score (nSPS) is 12.7. The van der Waals surface area contributed by atoms with Crippen LogP contribution in [0.2, 0.25) is 0 Å². The molecular weight excluding hydrogens is 380 g/mol. The molecule has 0 amide bonds. The first-order chi connectivity index (χ1) is 13.1. The van der Waals surface area contributed by atoms with Gasteiger partial charge in [-0.05, 0) is 32.0 Å². The lowest BCUT2D eigenvalue weighted by Gasteiger charge is -2.16. The van der Waals surface area contributed by atoms with Crippen LogP contribution in [0.4, 0.5) is 11.5 Å². The van der Waals surface area contributed by atoms with E-state index in [1.165, 1.54) is 6.26 Å². The van der Waals surface area contributed by atoms with E-state index in [2.05, 4.69) is 25.6 Å². The zero-order valence-corrected chi connectivity index (χ0v) is 16.4. The first-order valence-electron chi connectivity index (χ1n) is 8.59. The molecule has 0 aliphatic rings. The van der Waals surface area contributed by atoms with Crippen LogP contribution in [0.15, 0.2) is 41.7 Å². The topological polar surface area (TPSA) is 126 Å². The maximum atomic E-state index is 11.9. The van der Waals surface area contributed by atoms with E-state index in [0.29, 0.717) is 34.5 Å². The van der Waals surface area contributed by atoms with Gasteiger partial charge in [0.25, 0.3) is 0 Å². The number of aliphatic hydroxyl groups is 1. The number of hydrogen-bond donors (Lipinski definition) is 3. The van der Waals surface area contributed by atoms with E-state index < -0.39 is 15.4 Å². The maximum absolute atomic E-state index is 11.9. The van der Waals surface area contributed by atoms with Crippen molar-refractivity contribution in [1.29, 1.82) is 0 Å². The van der Waals surface area contributed by atoms with Crippen molar-refractivity contribution in [2.75, 3.05) is 11.6 Å². The maximum Gasteiger partial charge on any atom is 0.175 e. The number of hydrogen-bond acceptors (Lipinski definition) is 7.